The van der Waals surface area contributed by atoms with Gasteiger partial charge in [0.25, 0.3) is 0 Å². The van der Waals surface area contributed by atoms with Gasteiger partial charge in [-0.05, 0) is 108 Å². The van der Waals surface area contributed by atoms with Gasteiger partial charge in [-0.1, -0.05) is 0 Å². The Morgan fingerprint density at radius 2 is 1.45 bits per heavy atom. The third kappa shape index (κ3) is 6.03. The van der Waals surface area contributed by atoms with Gasteiger partial charge in [0.15, 0.2) is 0 Å². The molecule has 0 saturated carbocycles. The maximum atomic E-state index is 12.9. The number of carbonyl (C=O) groups excluding carboxylic acids is 1. The molecule has 1 heterocycles. The van der Waals surface area contributed by atoms with Crippen LogP contribution in [0.5, 0.6) is 0 Å². The molecule has 0 radical (unpaired) electrons. The number of benzene rings is 1. The van der Waals surface area contributed by atoms with Crippen LogP contribution >= 0.6 is 0 Å². The highest BCUT2D eigenvalue weighted by Crippen LogP contribution is 2.29. The van der Waals surface area contributed by atoms with E-state index in [-0.39, 0.29) is 18.9 Å². The number of amides is 1. The first-order chi connectivity index (χ1) is 13.5. The molecule has 164 valence electrons. The van der Waals surface area contributed by atoms with Crippen molar-refractivity contribution >= 4 is 15.9 Å². The average molecular weight is 424 g/mol. The molecular formula is C22H37N3O3S. The first kappa shape index (κ1) is 23.8. The van der Waals surface area contributed by atoms with Crippen molar-refractivity contribution in [2.24, 2.45) is 5.92 Å². The summed E-state index contributed by atoms with van der Waals surface area (Å²) in [6.45, 7) is 12.6. The van der Waals surface area contributed by atoms with Crippen molar-refractivity contribution < 1.29 is 13.2 Å². The molecule has 0 aromatic heterocycles. The van der Waals surface area contributed by atoms with E-state index in [0.717, 1.165) is 47.3 Å². The summed E-state index contributed by atoms with van der Waals surface area (Å²) in [5, 5.41) is 2.93. The lowest BCUT2D eigenvalue weighted by Gasteiger charge is -2.28. The van der Waals surface area contributed by atoms with Crippen molar-refractivity contribution in [2.45, 2.75) is 65.2 Å². The molecule has 0 unspecified atom stereocenters. The van der Waals surface area contributed by atoms with Crippen LogP contribution in [0.15, 0.2) is 4.90 Å². The maximum Gasteiger partial charge on any atom is 0.241 e. The van der Waals surface area contributed by atoms with Crippen molar-refractivity contribution in [1.29, 1.82) is 0 Å². The Morgan fingerprint density at radius 1 is 0.931 bits per heavy atom. The first-order valence-electron chi connectivity index (χ1n) is 10.6. The van der Waals surface area contributed by atoms with Crippen LogP contribution in [0.1, 0.15) is 53.5 Å². The molecule has 1 aliphatic rings. The van der Waals surface area contributed by atoms with E-state index < -0.39 is 10.0 Å². The number of likely N-dealkylation sites (tertiary alicyclic amines) is 1. The van der Waals surface area contributed by atoms with E-state index in [1.807, 2.05) is 34.6 Å². The standard InChI is InChI=1S/C22H37N3O3S/c1-15-16(2)18(4)22(19(5)17(15)3)29(27,28)24-12-8-21(26)23-11-7-20-9-13-25(6)14-10-20/h20,24H,7-14H2,1-6H3,(H,23,26). The SMILES string of the molecule is Cc1c(C)c(C)c(S(=O)(=O)NCCC(=O)NCCC2CCN(C)CC2)c(C)c1C. The summed E-state index contributed by atoms with van der Waals surface area (Å²) in [5.74, 6) is 0.564. The Labute approximate surface area is 176 Å². The molecule has 1 amide bonds. The molecule has 1 aliphatic heterocycles. The van der Waals surface area contributed by atoms with Crippen molar-refractivity contribution in [3.63, 3.8) is 0 Å². The Kier molecular flexibility index (Phi) is 8.26. The zero-order chi connectivity index (χ0) is 21.8. The number of carbonyl (C=O) groups is 1. The number of nitrogens with zero attached hydrogens (tertiary/aromatic N) is 1. The minimum absolute atomic E-state index is 0.104. The minimum Gasteiger partial charge on any atom is -0.356 e. The molecule has 1 aromatic rings. The lowest BCUT2D eigenvalue weighted by Crippen LogP contribution is -2.34. The molecule has 2 rings (SSSR count). The van der Waals surface area contributed by atoms with Gasteiger partial charge in [0.05, 0.1) is 4.90 Å². The summed E-state index contributed by atoms with van der Waals surface area (Å²) >= 11 is 0. The predicted octanol–water partition coefficient (Wildman–Crippen LogP) is 2.75. The molecule has 1 fully saturated rings. The minimum atomic E-state index is -3.66. The Bertz CT molecular complexity index is 812. The van der Waals surface area contributed by atoms with Crippen LogP contribution in [0.25, 0.3) is 0 Å². The Balaban J connectivity index is 1.84. The number of rotatable bonds is 8. The smallest absolute Gasteiger partial charge is 0.241 e. The van der Waals surface area contributed by atoms with Gasteiger partial charge in [0, 0.05) is 19.5 Å². The predicted molar refractivity (Wildman–Crippen MR) is 118 cm³/mol. The number of sulfonamides is 1. The van der Waals surface area contributed by atoms with Crippen molar-refractivity contribution in [3.05, 3.63) is 27.8 Å². The van der Waals surface area contributed by atoms with Crippen LogP contribution in [-0.2, 0) is 14.8 Å². The van der Waals surface area contributed by atoms with Crippen LogP contribution in [0.4, 0.5) is 0 Å². The topological polar surface area (TPSA) is 78.5 Å². The summed E-state index contributed by atoms with van der Waals surface area (Å²) in [5.41, 5.74) is 4.68. The monoisotopic (exact) mass is 423 g/mol. The van der Waals surface area contributed by atoms with Crippen LogP contribution in [-0.4, -0.2) is 52.5 Å². The zero-order valence-electron chi connectivity index (χ0n) is 18.8. The molecule has 0 spiro atoms. The van der Waals surface area contributed by atoms with E-state index in [1.165, 1.54) is 12.8 Å². The number of hydrogen-bond donors (Lipinski definition) is 2. The quantitative estimate of drug-likeness (QED) is 0.674. The van der Waals surface area contributed by atoms with Crippen LogP contribution in [0.2, 0.25) is 0 Å². The van der Waals surface area contributed by atoms with Crippen molar-refractivity contribution in [1.82, 2.24) is 14.9 Å². The van der Waals surface area contributed by atoms with Gasteiger partial charge in [-0.2, -0.15) is 0 Å². The third-order valence-corrected chi connectivity index (χ3v) is 8.29. The highest BCUT2D eigenvalue weighted by atomic mass is 32.2. The van der Waals surface area contributed by atoms with E-state index in [9.17, 15) is 13.2 Å². The number of piperidine rings is 1. The highest BCUT2D eigenvalue weighted by molar-refractivity contribution is 7.89. The maximum absolute atomic E-state index is 12.9. The first-order valence-corrected chi connectivity index (χ1v) is 12.0. The summed E-state index contributed by atoms with van der Waals surface area (Å²) in [7, 11) is -1.52. The van der Waals surface area contributed by atoms with Crippen molar-refractivity contribution in [2.75, 3.05) is 33.2 Å². The molecular weight excluding hydrogens is 386 g/mol. The van der Waals surface area contributed by atoms with Gasteiger partial charge in [-0.25, -0.2) is 13.1 Å². The van der Waals surface area contributed by atoms with Gasteiger partial charge in [-0.15, -0.1) is 0 Å². The molecule has 2 N–H and O–H groups in total. The van der Waals surface area contributed by atoms with E-state index in [0.29, 0.717) is 17.4 Å². The molecule has 7 heteroatoms. The van der Waals surface area contributed by atoms with Gasteiger partial charge in [0.2, 0.25) is 15.9 Å². The molecule has 0 atom stereocenters. The van der Waals surface area contributed by atoms with E-state index in [2.05, 4.69) is 22.0 Å². The second-order valence-electron chi connectivity index (χ2n) is 8.49. The fraction of sp³-hybridized carbons (Fsp3) is 0.682. The molecule has 0 aliphatic carbocycles. The van der Waals surface area contributed by atoms with E-state index in [1.54, 1.807) is 0 Å². The van der Waals surface area contributed by atoms with Gasteiger partial charge < -0.3 is 10.2 Å². The molecule has 29 heavy (non-hydrogen) atoms. The molecule has 6 nitrogen and oxygen atoms in total. The summed E-state index contributed by atoms with van der Waals surface area (Å²) in [6, 6.07) is 0. The summed E-state index contributed by atoms with van der Waals surface area (Å²) in [6.07, 6.45) is 3.50. The van der Waals surface area contributed by atoms with E-state index in [4.69, 9.17) is 0 Å². The molecule has 0 bridgehead atoms. The largest absolute Gasteiger partial charge is 0.356 e. The second-order valence-corrected chi connectivity index (χ2v) is 10.2. The lowest BCUT2D eigenvalue weighted by atomic mass is 9.94. The summed E-state index contributed by atoms with van der Waals surface area (Å²) < 4.78 is 28.4. The second kappa shape index (κ2) is 10.0. The fourth-order valence-electron chi connectivity index (χ4n) is 4.09. The van der Waals surface area contributed by atoms with Crippen LogP contribution < -0.4 is 10.0 Å². The average Bonchev–Trinajstić information content (AvgIpc) is 2.66. The molecule has 1 aromatic carbocycles. The van der Waals surface area contributed by atoms with E-state index >= 15 is 0 Å². The number of hydrogen-bond acceptors (Lipinski definition) is 4. The third-order valence-electron chi connectivity index (χ3n) is 6.56. The highest BCUT2D eigenvalue weighted by Gasteiger charge is 2.23. The van der Waals surface area contributed by atoms with Gasteiger partial charge >= 0.3 is 0 Å². The van der Waals surface area contributed by atoms with Gasteiger partial charge in [0.1, 0.15) is 0 Å². The van der Waals surface area contributed by atoms with Crippen molar-refractivity contribution in [3.8, 4) is 0 Å². The van der Waals surface area contributed by atoms with Gasteiger partial charge in [-0.3, -0.25) is 4.79 Å². The van der Waals surface area contributed by atoms with Crippen LogP contribution in [0.3, 0.4) is 0 Å². The zero-order valence-corrected chi connectivity index (χ0v) is 19.6. The fourth-order valence-corrected chi connectivity index (χ4v) is 5.72. The van der Waals surface area contributed by atoms with Crippen LogP contribution in [0, 0.1) is 40.5 Å². The molecule has 1 saturated heterocycles. The summed E-state index contributed by atoms with van der Waals surface area (Å²) in [4.78, 5) is 14.8. The lowest BCUT2D eigenvalue weighted by molar-refractivity contribution is -0.120. The number of nitrogens with one attached hydrogen (secondary N) is 2. The Morgan fingerprint density at radius 3 is 2.00 bits per heavy atom. The normalized spacial score (nSPS) is 16.2. The Hall–Kier alpha value is -1.44.